The summed E-state index contributed by atoms with van der Waals surface area (Å²) in [4.78, 5) is 13.3. The molecule has 1 N–H and O–H groups in total. The van der Waals surface area contributed by atoms with Gasteiger partial charge in [-0.1, -0.05) is 72.8 Å². The maximum atomic E-state index is 13.5. The lowest BCUT2D eigenvalue weighted by Crippen LogP contribution is -2.38. The molecule has 34 heavy (non-hydrogen) atoms. The second kappa shape index (κ2) is 10.2. The minimum Gasteiger partial charge on any atom is -0.497 e. The summed E-state index contributed by atoms with van der Waals surface area (Å²) in [6.07, 6.45) is 0. The van der Waals surface area contributed by atoms with E-state index >= 15 is 0 Å². The molecule has 0 aliphatic carbocycles. The number of rotatable bonds is 8. The van der Waals surface area contributed by atoms with Gasteiger partial charge in [-0.15, -0.1) is 0 Å². The first-order valence-electron chi connectivity index (χ1n) is 10.7. The minimum absolute atomic E-state index is 0.0929. The zero-order valence-electron chi connectivity index (χ0n) is 18.6. The number of nitrogens with zero attached hydrogens (tertiary/aromatic N) is 1. The van der Waals surface area contributed by atoms with Crippen LogP contribution in [0.25, 0.3) is 11.1 Å². The monoisotopic (exact) mass is 472 g/mol. The van der Waals surface area contributed by atoms with E-state index in [2.05, 4.69) is 5.32 Å². The molecule has 1 amide bonds. The number of para-hydroxylation sites is 1. The van der Waals surface area contributed by atoms with Gasteiger partial charge < -0.3 is 10.1 Å². The Balaban J connectivity index is 1.67. The number of hydrogen-bond acceptors (Lipinski definition) is 4. The summed E-state index contributed by atoms with van der Waals surface area (Å²) in [5.74, 6) is 0.0197. The van der Waals surface area contributed by atoms with Gasteiger partial charge in [-0.05, 0) is 35.9 Å². The van der Waals surface area contributed by atoms with Crippen molar-refractivity contribution in [1.29, 1.82) is 0 Å². The highest BCUT2D eigenvalue weighted by atomic mass is 32.2. The number of ether oxygens (including phenoxy) is 1. The highest BCUT2D eigenvalue weighted by molar-refractivity contribution is 7.92. The van der Waals surface area contributed by atoms with Crippen molar-refractivity contribution < 1.29 is 17.9 Å². The number of methoxy groups -OCH3 is 1. The van der Waals surface area contributed by atoms with Gasteiger partial charge in [0.15, 0.2) is 0 Å². The molecule has 0 heterocycles. The second-order valence-electron chi connectivity index (χ2n) is 7.49. The quantitative estimate of drug-likeness (QED) is 0.383. The van der Waals surface area contributed by atoms with Gasteiger partial charge in [-0.2, -0.15) is 0 Å². The Morgan fingerprint density at radius 3 is 2.18 bits per heavy atom. The maximum absolute atomic E-state index is 13.5. The highest BCUT2D eigenvalue weighted by Gasteiger charge is 2.27. The Hall–Kier alpha value is -4.10. The molecule has 0 bridgehead atoms. The van der Waals surface area contributed by atoms with E-state index in [4.69, 9.17) is 4.74 Å². The van der Waals surface area contributed by atoms with Crippen LogP contribution in [0.3, 0.4) is 0 Å². The fourth-order valence-corrected chi connectivity index (χ4v) is 5.02. The predicted molar refractivity (Wildman–Crippen MR) is 134 cm³/mol. The molecule has 6 nitrogen and oxygen atoms in total. The summed E-state index contributed by atoms with van der Waals surface area (Å²) in [7, 11) is -2.51. The molecule has 0 unspecified atom stereocenters. The van der Waals surface area contributed by atoms with Gasteiger partial charge in [0.2, 0.25) is 5.91 Å². The Morgan fingerprint density at radius 2 is 1.47 bits per heavy atom. The van der Waals surface area contributed by atoms with E-state index in [9.17, 15) is 13.2 Å². The molecule has 0 aliphatic rings. The van der Waals surface area contributed by atoms with Crippen LogP contribution in [0.5, 0.6) is 5.75 Å². The molecule has 0 aliphatic heterocycles. The number of anilines is 2. The molecule has 0 atom stereocenters. The van der Waals surface area contributed by atoms with E-state index in [1.54, 1.807) is 48.5 Å². The number of carbonyl (C=O) groups excluding carboxylic acids is 1. The molecular weight excluding hydrogens is 448 g/mol. The molecule has 0 spiro atoms. The summed E-state index contributed by atoms with van der Waals surface area (Å²) >= 11 is 0. The lowest BCUT2D eigenvalue weighted by Gasteiger charge is -2.24. The average molecular weight is 473 g/mol. The van der Waals surface area contributed by atoms with Crippen molar-refractivity contribution >= 4 is 27.3 Å². The van der Waals surface area contributed by atoms with Crippen molar-refractivity contribution in [3.63, 3.8) is 0 Å². The Bertz CT molecular complexity index is 1370. The molecule has 4 aromatic carbocycles. The van der Waals surface area contributed by atoms with E-state index in [0.29, 0.717) is 17.1 Å². The zero-order chi connectivity index (χ0) is 24.0. The highest BCUT2D eigenvalue weighted by Crippen LogP contribution is 2.29. The van der Waals surface area contributed by atoms with Gasteiger partial charge in [0, 0.05) is 17.3 Å². The standard InChI is InChI=1S/C27H24N2O4S/c1-33-23-14-10-13-22(19-23)29(34(31,32)24-15-6-3-7-16-24)20-27(30)28-26-18-9-8-17-25(26)21-11-4-2-5-12-21/h2-19H,20H2,1H3,(H,28,30). The molecular formula is C27H24N2O4S. The van der Waals surface area contributed by atoms with Crippen LogP contribution in [0.2, 0.25) is 0 Å². The first-order chi connectivity index (χ1) is 16.5. The third-order valence-electron chi connectivity index (χ3n) is 5.25. The lowest BCUT2D eigenvalue weighted by molar-refractivity contribution is -0.114. The van der Waals surface area contributed by atoms with Crippen LogP contribution >= 0.6 is 0 Å². The number of hydrogen-bond donors (Lipinski definition) is 1. The number of carbonyl (C=O) groups is 1. The molecule has 4 aromatic rings. The fourth-order valence-electron chi connectivity index (χ4n) is 3.58. The first-order valence-corrected chi connectivity index (χ1v) is 12.1. The van der Waals surface area contributed by atoms with Crippen molar-refractivity contribution in [2.75, 3.05) is 23.3 Å². The third kappa shape index (κ3) is 5.10. The minimum atomic E-state index is -4.01. The summed E-state index contributed by atoms with van der Waals surface area (Å²) in [5.41, 5.74) is 2.71. The van der Waals surface area contributed by atoms with Crippen molar-refractivity contribution in [2.45, 2.75) is 4.90 Å². The number of amides is 1. The lowest BCUT2D eigenvalue weighted by atomic mass is 10.0. The molecule has 0 aromatic heterocycles. The first kappa shape index (κ1) is 23.1. The largest absolute Gasteiger partial charge is 0.497 e. The second-order valence-corrected chi connectivity index (χ2v) is 9.35. The van der Waals surface area contributed by atoms with Crippen molar-refractivity contribution in [3.8, 4) is 16.9 Å². The summed E-state index contributed by atoms with van der Waals surface area (Å²) in [5, 5.41) is 2.89. The smallest absolute Gasteiger partial charge is 0.264 e. The van der Waals surface area contributed by atoms with Gasteiger partial charge in [0.05, 0.1) is 17.7 Å². The number of nitrogens with one attached hydrogen (secondary N) is 1. The van der Waals surface area contributed by atoms with Gasteiger partial charge >= 0.3 is 0 Å². The molecule has 4 rings (SSSR count). The van der Waals surface area contributed by atoms with Crippen molar-refractivity contribution in [1.82, 2.24) is 0 Å². The number of sulfonamides is 1. The van der Waals surface area contributed by atoms with E-state index in [1.807, 2.05) is 48.5 Å². The Labute approximate surface area is 199 Å². The van der Waals surface area contributed by atoms with Crippen molar-refractivity contribution in [3.05, 3.63) is 109 Å². The number of benzene rings is 4. The van der Waals surface area contributed by atoms with E-state index < -0.39 is 22.5 Å². The predicted octanol–water partition coefficient (Wildman–Crippen LogP) is 5.20. The summed E-state index contributed by atoms with van der Waals surface area (Å²) < 4.78 is 33.4. The van der Waals surface area contributed by atoms with Gasteiger partial charge in [0.1, 0.15) is 12.3 Å². The topological polar surface area (TPSA) is 75.7 Å². The van der Waals surface area contributed by atoms with Crippen LogP contribution < -0.4 is 14.4 Å². The molecule has 7 heteroatoms. The van der Waals surface area contributed by atoms with Crippen LogP contribution in [-0.2, 0) is 14.8 Å². The molecule has 0 saturated carbocycles. The third-order valence-corrected chi connectivity index (χ3v) is 7.03. The van der Waals surface area contributed by atoms with E-state index in [1.165, 1.54) is 19.2 Å². The zero-order valence-corrected chi connectivity index (χ0v) is 19.4. The van der Waals surface area contributed by atoms with E-state index in [-0.39, 0.29) is 4.90 Å². The summed E-state index contributed by atoms with van der Waals surface area (Å²) in [6.45, 7) is -0.409. The molecule has 0 fully saturated rings. The average Bonchev–Trinajstić information content (AvgIpc) is 2.88. The van der Waals surface area contributed by atoms with Crippen LogP contribution in [0.15, 0.2) is 114 Å². The molecule has 172 valence electrons. The van der Waals surface area contributed by atoms with Crippen LogP contribution in [0, 0.1) is 0 Å². The SMILES string of the molecule is COc1cccc(N(CC(=O)Nc2ccccc2-c2ccccc2)S(=O)(=O)c2ccccc2)c1. The van der Waals surface area contributed by atoms with Gasteiger partial charge in [0.25, 0.3) is 10.0 Å². The van der Waals surface area contributed by atoms with Gasteiger partial charge in [-0.3, -0.25) is 9.10 Å². The van der Waals surface area contributed by atoms with Crippen LogP contribution in [-0.4, -0.2) is 28.0 Å². The Kier molecular flexibility index (Phi) is 6.94. The maximum Gasteiger partial charge on any atom is 0.264 e. The summed E-state index contributed by atoms with van der Waals surface area (Å²) in [6, 6.07) is 31.7. The van der Waals surface area contributed by atoms with Crippen LogP contribution in [0.1, 0.15) is 0 Å². The Morgan fingerprint density at radius 1 is 0.824 bits per heavy atom. The van der Waals surface area contributed by atoms with E-state index in [0.717, 1.165) is 15.4 Å². The fraction of sp³-hybridized carbons (Fsp3) is 0.0741. The van der Waals surface area contributed by atoms with Crippen molar-refractivity contribution in [2.24, 2.45) is 0 Å². The molecule has 0 radical (unpaired) electrons. The van der Waals surface area contributed by atoms with Gasteiger partial charge in [-0.25, -0.2) is 8.42 Å². The van der Waals surface area contributed by atoms with Crippen LogP contribution in [0.4, 0.5) is 11.4 Å². The normalized spacial score (nSPS) is 11.0. The molecule has 0 saturated heterocycles.